The third-order valence-electron chi connectivity index (χ3n) is 2.59. The summed E-state index contributed by atoms with van der Waals surface area (Å²) < 4.78 is 4.63. The van der Waals surface area contributed by atoms with Crippen molar-refractivity contribution in [1.82, 2.24) is 8.79 Å². The molecule has 144 valence electrons. The molecule has 0 heterocycles. The molecule has 0 aliphatic rings. The standard InChI is InChI=1S/C12H36ClN4PSi4.ClH.Sb/c1-19(2,3)15-16(20(4,5)6)18(13)14-17(21(7,8)9)22(10,11)12;;/h1-12H3;1H;/q-2;;+3/p-1. The van der Waals surface area contributed by atoms with Gasteiger partial charge in [0.2, 0.25) is 0 Å². The molecular formula is C12H36Cl2N4PSbSi4. The minimum atomic E-state index is -1.64. The Morgan fingerprint density at radius 3 is 1.25 bits per heavy atom. The summed E-state index contributed by atoms with van der Waals surface area (Å²) >= 11 is 6.83. The number of rotatable bonds is 8. The summed E-state index contributed by atoms with van der Waals surface area (Å²) in [6.45, 7) is 27.8. The van der Waals surface area contributed by atoms with Gasteiger partial charge in [-0.1, -0.05) is 94.4 Å². The van der Waals surface area contributed by atoms with E-state index < -0.39 is 40.5 Å². The fraction of sp³-hybridized carbons (Fsp3) is 1.00. The summed E-state index contributed by atoms with van der Waals surface area (Å²) in [7, 11) is -7.38. The summed E-state index contributed by atoms with van der Waals surface area (Å²) in [6, 6.07) is 0. The van der Waals surface area contributed by atoms with Crippen LogP contribution in [0.2, 0.25) is 78.6 Å². The minimum Gasteiger partial charge on any atom is -1.00 e. The molecule has 0 aromatic carbocycles. The smallest absolute Gasteiger partial charge is 1.00 e. The van der Waals surface area contributed by atoms with Crippen LogP contribution < -0.4 is 12.4 Å². The Bertz CT molecular complexity index is 356. The van der Waals surface area contributed by atoms with Crippen molar-refractivity contribution >= 4 is 76.2 Å². The molecular weight excluding hydrogens is 536 g/mol. The van der Waals surface area contributed by atoms with Crippen LogP contribution >= 0.6 is 18.8 Å². The third-order valence-corrected chi connectivity index (χ3v) is 16.3. The Morgan fingerprint density at radius 1 is 0.708 bits per heavy atom. The largest absolute Gasteiger partial charge is 3.00 e. The van der Waals surface area contributed by atoms with E-state index in [1.54, 1.807) is 0 Å². The monoisotopic (exact) mass is 570 g/mol. The zero-order chi connectivity index (χ0) is 18.1. The summed E-state index contributed by atoms with van der Waals surface area (Å²) in [6.07, 6.45) is 0. The molecule has 0 spiro atoms. The Morgan fingerprint density at radius 2 is 1.04 bits per heavy atom. The molecule has 0 bridgehead atoms. The van der Waals surface area contributed by atoms with Crippen molar-refractivity contribution in [1.29, 1.82) is 0 Å². The maximum atomic E-state index is 6.83. The second kappa shape index (κ2) is 10.9. The first-order valence-electron chi connectivity index (χ1n) is 7.86. The normalized spacial score (nSPS) is 15.1. The number of halogens is 2. The summed E-state index contributed by atoms with van der Waals surface area (Å²) in [5.74, 6) is 0. The maximum absolute atomic E-state index is 6.83. The maximum Gasteiger partial charge on any atom is 3.00 e. The quantitative estimate of drug-likeness (QED) is 0.253. The molecule has 2 radical (unpaired) electrons. The molecule has 0 saturated carbocycles. The average molecular weight is 572 g/mol. The van der Waals surface area contributed by atoms with Crippen molar-refractivity contribution in [3.8, 4) is 0 Å². The van der Waals surface area contributed by atoms with Gasteiger partial charge in [0.25, 0.3) is 0 Å². The zero-order valence-corrected chi connectivity index (χ0v) is 26.4. The van der Waals surface area contributed by atoms with Gasteiger partial charge < -0.3 is 31.5 Å². The average Bonchev–Trinajstić information content (AvgIpc) is 2.16. The van der Waals surface area contributed by atoms with Gasteiger partial charge in [-0.15, -0.1) is 11.2 Å². The van der Waals surface area contributed by atoms with Gasteiger partial charge in [0, 0.05) is 0 Å². The van der Waals surface area contributed by atoms with Gasteiger partial charge in [0.15, 0.2) is 0 Å². The predicted molar refractivity (Wildman–Crippen MR) is 122 cm³/mol. The van der Waals surface area contributed by atoms with E-state index in [2.05, 4.69) is 87.3 Å². The van der Waals surface area contributed by atoms with E-state index in [-0.39, 0.29) is 36.8 Å². The first-order valence-corrected chi connectivity index (χ1v) is 23.8. The number of nitrogens with zero attached hydrogens (tertiary/aromatic N) is 4. The molecule has 24 heavy (non-hydrogen) atoms. The molecule has 12 heteroatoms. The van der Waals surface area contributed by atoms with Gasteiger partial charge in [-0.3, -0.25) is 0 Å². The summed E-state index contributed by atoms with van der Waals surface area (Å²) in [5, 5.41) is 10.1. The fourth-order valence-corrected chi connectivity index (χ4v) is 21.8. The van der Waals surface area contributed by atoms with Crippen molar-refractivity contribution < 1.29 is 12.4 Å². The van der Waals surface area contributed by atoms with Crippen LogP contribution in [0.15, 0.2) is 0 Å². The molecule has 0 aliphatic heterocycles. The number of hydrogen-bond acceptors (Lipinski definition) is 2. The van der Waals surface area contributed by atoms with Gasteiger partial charge in [-0.05, 0) is 0 Å². The van der Waals surface area contributed by atoms with Crippen LogP contribution in [-0.2, 0) is 0 Å². The van der Waals surface area contributed by atoms with Crippen molar-refractivity contribution in [2.75, 3.05) is 0 Å². The van der Waals surface area contributed by atoms with Crippen molar-refractivity contribution in [2.45, 2.75) is 78.6 Å². The predicted octanol–water partition coefficient (Wildman–Crippen LogP) is 3.60. The van der Waals surface area contributed by atoms with Crippen LogP contribution in [0.1, 0.15) is 0 Å². The van der Waals surface area contributed by atoms with Crippen LogP contribution in [-0.4, -0.2) is 66.2 Å². The molecule has 0 N–H and O–H groups in total. The molecule has 0 aliphatic carbocycles. The second-order valence-corrected chi connectivity index (χ2v) is 31.3. The van der Waals surface area contributed by atoms with E-state index in [0.717, 1.165) is 0 Å². The molecule has 0 rings (SSSR count). The molecule has 1 unspecified atom stereocenters. The summed E-state index contributed by atoms with van der Waals surface area (Å²) in [4.78, 5) is 0. The van der Waals surface area contributed by atoms with E-state index in [1.165, 1.54) is 0 Å². The fourth-order valence-electron chi connectivity index (χ4n) is 2.10. The molecule has 0 saturated heterocycles. The van der Waals surface area contributed by atoms with E-state index in [4.69, 9.17) is 21.5 Å². The topological polar surface area (TPSA) is 34.7 Å². The molecule has 0 aromatic rings. The Labute approximate surface area is 185 Å². The first kappa shape index (κ1) is 31.2. The molecule has 0 fully saturated rings. The first-order chi connectivity index (χ1) is 9.36. The van der Waals surface area contributed by atoms with E-state index in [1.807, 2.05) is 0 Å². The Kier molecular flexibility index (Phi) is 14.2. The van der Waals surface area contributed by atoms with E-state index in [0.29, 0.717) is 0 Å². The van der Waals surface area contributed by atoms with E-state index in [9.17, 15) is 0 Å². The minimum absolute atomic E-state index is 0. The van der Waals surface area contributed by atoms with Gasteiger partial charge in [-0.2, -0.15) is 0 Å². The van der Waals surface area contributed by atoms with Gasteiger partial charge in [0.05, 0.1) is 16.5 Å². The Balaban J connectivity index is -0.00000220. The van der Waals surface area contributed by atoms with Crippen LogP contribution in [0, 0.1) is 0 Å². The van der Waals surface area contributed by atoms with Gasteiger partial charge >= 0.3 is 24.4 Å². The number of hydrogen-bond donors (Lipinski definition) is 0. The van der Waals surface area contributed by atoms with Crippen molar-refractivity contribution in [3.63, 3.8) is 0 Å². The third kappa shape index (κ3) is 12.1. The molecule has 0 aromatic heterocycles. The van der Waals surface area contributed by atoms with Gasteiger partial charge in [0.1, 0.15) is 8.24 Å². The Hall–Kier alpha value is 2.54. The van der Waals surface area contributed by atoms with Crippen LogP contribution in [0.25, 0.3) is 10.3 Å². The van der Waals surface area contributed by atoms with Crippen molar-refractivity contribution in [3.05, 3.63) is 10.3 Å². The molecule has 0 amide bonds. The van der Waals surface area contributed by atoms with E-state index >= 15 is 0 Å². The van der Waals surface area contributed by atoms with Crippen molar-refractivity contribution in [2.24, 2.45) is 0 Å². The second-order valence-electron chi connectivity index (χ2n) is 9.71. The SMILES string of the molecule is C[Si](C)(C)[N-]N(P(Cl)[N-]N([Si](C)(C)C)[Si](C)(C)C)[Si](C)(C)C.[Cl-].[Sb+3]. The summed E-state index contributed by atoms with van der Waals surface area (Å²) in [5.41, 5.74) is 0. The van der Waals surface area contributed by atoms with Crippen LogP contribution in [0.4, 0.5) is 0 Å². The molecule has 1 atom stereocenters. The molecule has 4 nitrogen and oxygen atoms in total. The van der Waals surface area contributed by atoms with Crippen LogP contribution in [0.3, 0.4) is 0 Å². The zero-order valence-electron chi connectivity index (χ0n) is 17.4. The van der Waals surface area contributed by atoms with Gasteiger partial charge in [-0.25, -0.2) is 0 Å². The van der Waals surface area contributed by atoms with Crippen LogP contribution in [0.5, 0.6) is 0 Å².